The second kappa shape index (κ2) is 9.29. The third-order valence-corrected chi connectivity index (χ3v) is 6.14. The van der Waals surface area contributed by atoms with Gasteiger partial charge in [0.15, 0.2) is 0 Å². The van der Waals surface area contributed by atoms with Crippen LogP contribution in [-0.2, 0) is 17.8 Å². The summed E-state index contributed by atoms with van der Waals surface area (Å²) in [6, 6.07) is 18.9. The molecule has 1 aromatic heterocycles. The van der Waals surface area contributed by atoms with E-state index in [1.165, 1.54) is 28.0 Å². The number of benzene rings is 2. The second-order valence-corrected chi connectivity index (χ2v) is 8.77. The average Bonchev–Trinajstić information content (AvgIpc) is 3.17. The summed E-state index contributed by atoms with van der Waals surface area (Å²) >= 11 is 1.46. The van der Waals surface area contributed by atoms with Crippen molar-refractivity contribution in [2.45, 2.75) is 32.7 Å². The number of anilines is 1. The van der Waals surface area contributed by atoms with Gasteiger partial charge < -0.3 is 5.32 Å². The monoisotopic (exact) mass is 406 g/mol. The number of nitrogens with zero attached hydrogens (tertiary/aromatic N) is 3. The van der Waals surface area contributed by atoms with Crippen molar-refractivity contribution in [3.8, 4) is 0 Å². The van der Waals surface area contributed by atoms with Crippen LogP contribution in [0.4, 0.5) is 5.13 Å². The molecule has 1 aliphatic heterocycles. The number of likely N-dealkylation sites (tertiary alicyclic amines) is 1. The van der Waals surface area contributed by atoms with Crippen molar-refractivity contribution in [3.63, 3.8) is 0 Å². The Labute approximate surface area is 175 Å². The van der Waals surface area contributed by atoms with Gasteiger partial charge >= 0.3 is 0 Å². The predicted octanol–water partition coefficient (Wildman–Crippen LogP) is 4.29. The maximum Gasteiger partial charge on any atom is 0.230 e. The van der Waals surface area contributed by atoms with E-state index in [2.05, 4.69) is 75.9 Å². The van der Waals surface area contributed by atoms with Crippen LogP contribution in [0.1, 0.15) is 34.5 Å². The number of hydrogen-bond acceptors (Lipinski definition) is 5. The summed E-state index contributed by atoms with van der Waals surface area (Å²) < 4.78 is 0. The smallest absolute Gasteiger partial charge is 0.230 e. The van der Waals surface area contributed by atoms with Gasteiger partial charge in [-0.2, -0.15) is 0 Å². The van der Waals surface area contributed by atoms with Gasteiger partial charge in [0.1, 0.15) is 5.01 Å². The summed E-state index contributed by atoms with van der Waals surface area (Å²) in [4.78, 5) is 15.1. The average molecular weight is 407 g/mol. The number of carbonyl (C=O) groups is 1. The van der Waals surface area contributed by atoms with Crippen LogP contribution in [0.2, 0.25) is 0 Å². The van der Waals surface area contributed by atoms with E-state index >= 15 is 0 Å². The first-order valence-corrected chi connectivity index (χ1v) is 10.9. The van der Waals surface area contributed by atoms with E-state index in [0.29, 0.717) is 5.13 Å². The SMILES string of the molecule is Cc1ccc(Cc2nnc(NC(=O)C3CCCN(Cc4ccccc4)C3)s2)cc1. The molecule has 1 unspecified atom stereocenters. The van der Waals surface area contributed by atoms with Crippen LogP contribution in [0.25, 0.3) is 0 Å². The molecule has 3 aromatic rings. The predicted molar refractivity (Wildman–Crippen MR) is 117 cm³/mol. The molecule has 1 aliphatic rings. The van der Waals surface area contributed by atoms with E-state index in [4.69, 9.17) is 0 Å². The van der Waals surface area contributed by atoms with Crippen molar-refractivity contribution in [1.29, 1.82) is 0 Å². The van der Waals surface area contributed by atoms with Crippen molar-refractivity contribution >= 4 is 22.4 Å². The van der Waals surface area contributed by atoms with E-state index in [0.717, 1.165) is 43.9 Å². The highest BCUT2D eigenvalue weighted by molar-refractivity contribution is 7.15. The van der Waals surface area contributed by atoms with Gasteiger partial charge in [0.25, 0.3) is 0 Å². The van der Waals surface area contributed by atoms with E-state index in [-0.39, 0.29) is 11.8 Å². The Bertz CT molecular complexity index is 939. The molecule has 0 radical (unpaired) electrons. The van der Waals surface area contributed by atoms with Crippen LogP contribution < -0.4 is 5.32 Å². The molecule has 0 spiro atoms. The number of aromatic nitrogens is 2. The molecule has 2 aromatic carbocycles. The fraction of sp³-hybridized carbons (Fsp3) is 0.348. The van der Waals surface area contributed by atoms with Crippen LogP contribution in [0, 0.1) is 12.8 Å². The molecule has 2 heterocycles. The topological polar surface area (TPSA) is 58.1 Å². The highest BCUT2D eigenvalue weighted by Gasteiger charge is 2.26. The first-order chi connectivity index (χ1) is 14.2. The van der Waals surface area contributed by atoms with E-state index in [1.807, 2.05) is 6.07 Å². The molecule has 6 heteroatoms. The van der Waals surface area contributed by atoms with Gasteiger partial charge in [-0.1, -0.05) is 71.5 Å². The molecule has 150 valence electrons. The number of rotatable bonds is 6. The molecule has 0 saturated carbocycles. The number of carbonyl (C=O) groups excluding carboxylic acids is 1. The van der Waals surface area contributed by atoms with Crippen molar-refractivity contribution in [2.24, 2.45) is 5.92 Å². The molecular weight excluding hydrogens is 380 g/mol. The molecular formula is C23H26N4OS. The highest BCUT2D eigenvalue weighted by atomic mass is 32.1. The van der Waals surface area contributed by atoms with Crippen molar-refractivity contribution in [2.75, 3.05) is 18.4 Å². The first kappa shape index (κ1) is 19.7. The largest absolute Gasteiger partial charge is 0.300 e. The molecule has 1 amide bonds. The molecule has 1 fully saturated rings. The lowest BCUT2D eigenvalue weighted by molar-refractivity contribution is -0.121. The minimum absolute atomic E-state index is 0.00286. The molecule has 0 aliphatic carbocycles. The van der Waals surface area contributed by atoms with Crippen molar-refractivity contribution in [1.82, 2.24) is 15.1 Å². The number of nitrogens with one attached hydrogen (secondary N) is 1. The molecule has 29 heavy (non-hydrogen) atoms. The second-order valence-electron chi connectivity index (χ2n) is 7.71. The van der Waals surface area contributed by atoms with Gasteiger partial charge in [-0.25, -0.2) is 0 Å². The Morgan fingerprint density at radius 1 is 1.10 bits per heavy atom. The Morgan fingerprint density at radius 2 is 1.90 bits per heavy atom. The summed E-state index contributed by atoms with van der Waals surface area (Å²) in [5.41, 5.74) is 3.74. The Hall–Kier alpha value is -2.57. The molecule has 1 N–H and O–H groups in total. The van der Waals surface area contributed by atoms with Gasteiger partial charge in [-0.05, 0) is 37.4 Å². The maximum absolute atomic E-state index is 12.8. The molecule has 5 nitrogen and oxygen atoms in total. The zero-order chi connectivity index (χ0) is 20.1. The van der Waals surface area contributed by atoms with Gasteiger partial charge in [0.05, 0.1) is 5.92 Å². The van der Waals surface area contributed by atoms with Crippen LogP contribution in [-0.4, -0.2) is 34.1 Å². The van der Waals surface area contributed by atoms with Gasteiger partial charge in [-0.3, -0.25) is 9.69 Å². The van der Waals surface area contributed by atoms with Crippen LogP contribution in [0.5, 0.6) is 0 Å². The third-order valence-electron chi connectivity index (χ3n) is 5.30. The lowest BCUT2D eigenvalue weighted by Crippen LogP contribution is -2.40. The Kier molecular flexibility index (Phi) is 6.32. The summed E-state index contributed by atoms with van der Waals surface area (Å²) in [6.45, 7) is 4.80. The minimum Gasteiger partial charge on any atom is -0.300 e. The summed E-state index contributed by atoms with van der Waals surface area (Å²) in [5, 5.41) is 12.9. The zero-order valence-electron chi connectivity index (χ0n) is 16.7. The van der Waals surface area contributed by atoms with Crippen LogP contribution in [0.3, 0.4) is 0 Å². The van der Waals surface area contributed by atoms with Crippen LogP contribution in [0.15, 0.2) is 54.6 Å². The number of aryl methyl sites for hydroxylation is 1. The fourth-order valence-electron chi connectivity index (χ4n) is 3.72. The van der Waals surface area contributed by atoms with Crippen molar-refractivity contribution < 1.29 is 4.79 Å². The highest BCUT2D eigenvalue weighted by Crippen LogP contribution is 2.23. The first-order valence-electron chi connectivity index (χ1n) is 10.1. The number of piperidine rings is 1. The lowest BCUT2D eigenvalue weighted by atomic mass is 9.97. The van der Waals surface area contributed by atoms with E-state index in [9.17, 15) is 4.79 Å². The van der Waals surface area contributed by atoms with E-state index in [1.54, 1.807) is 0 Å². The molecule has 4 rings (SSSR count). The number of amides is 1. The number of hydrogen-bond donors (Lipinski definition) is 1. The molecule has 0 bridgehead atoms. The zero-order valence-corrected chi connectivity index (χ0v) is 17.5. The third kappa shape index (κ3) is 5.49. The van der Waals surface area contributed by atoms with Gasteiger partial charge in [0.2, 0.25) is 11.0 Å². The molecule has 1 saturated heterocycles. The fourth-order valence-corrected chi connectivity index (χ4v) is 4.50. The van der Waals surface area contributed by atoms with Crippen LogP contribution >= 0.6 is 11.3 Å². The van der Waals surface area contributed by atoms with Crippen molar-refractivity contribution in [3.05, 3.63) is 76.3 Å². The lowest BCUT2D eigenvalue weighted by Gasteiger charge is -2.31. The Morgan fingerprint density at radius 3 is 2.69 bits per heavy atom. The quantitative estimate of drug-likeness (QED) is 0.664. The Balaban J connectivity index is 1.31. The summed E-state index contributed by atoms with van der Waals surface area (Å²) in [5.74, 6) is 0.0534. The summed E-state index contributed by atoms with van der Waals surface area (Å²) in [6.07, 6.45) is 2.70. The minimum atomic E-state index is -0.00286. The summed E-state index contributed by atoms with van der Waals surface area (Å²) in [7, 11) is 0. The van der Waals surface area contributed by atoms with Gasteiger partial charge in [-0.15, -0.1) is 10.2 Å². The maximum atomic E-state index is 12.8. The van der Waals surface area contributed by atoms with Gasteiger partial charge in [0, 0.05) is 19.5 Å². The molecule has 1 atom stereocenters. The van der Waals surface area contributed by atoms with E-state index < -0.39 is 0 Å². The standard InChI is InChI=1S/C23H26N4OS/c1-17-9-11-18(12-10-17)14-21-25-26-23(29-21)24-22(28)20-8-5-13-27(16-20)15-19-6-3-2-4-7-19/h2-4,6-7,9-12,20H,5,8,13-16H2,1H3,(H,24,26,28). The normalized spacial score (nSPS) is 17.2.